The Morgan fingerprint density at radius 2 is 2.23 bits per heavy atom. The summed E-state index contributed by atoms with van der Waals surface area (Å²) in [6, 6.07) is 5.25. The zero-order valence-corrected chi connectivity index (χ0v) is 7.14. The van der Waals surface area contributed by atoms with Gasteiger partial charge < -0.3 is 10.3 Å². The van der Waals surface area contributed by atoms with Gasteiger partial charge in [-0.3, -0.25) is 0 Å². The van der Waals surface area contributed by atoms with E-state index in [0.717, 1.165) is 5.56 Å². The second-order valence-corrected chi connectivity index (χ2v) is 2.59. The summed E-state index contributed by atoms with van der Waals surface area (Å²) < 4.78 is 0. The summed E-state index contributed by atoms with van der Waals surface area (Å²) >= 11 is 0. The van der Waals surface area contributed by atoms with Gasteiger partial charge in [-0.1, -0.05) is 23.4 Å². The molecule has 2 N–H and O–H groups in total. The van der Waals surface area contributed by atoms with Gasteiger partial charge in [-0.05, 0) is 18.1 Å². The molecule has 1 rings (SSSR count). The molecule has 1 aromatic rings. The van der Waals surface area contributed by atoms with E-state index in [4.69, 9.17) is 5.21 Å². The summed E-state index contributed by atoms with van der Waals surface area (Å²) in [4.78, 5) is 0. The average Bonchev–Trinajstić information content (AvgIpc) is 2.13. The SMILES string of the molecule is C=CCc1cccc(/C=N/O)c1O. The summed E-state index contributed by atoms with van der Waals surface area (Å²) in [7, 11) is 0. The number of oxime groups is 1. The van der Waals surface area contributed by atoms with Crippen molar-refractivity contribution in [3.8, 4) is 5.75 Å². The van der Waals surface area contributed by atoms with Crippen molar-refractivity contribution in [3.63, 3.8) is 0 Å². The topological polar surface area (TPSA) is 52.8 Å². The average molecular weight is 177 g/mol. The van der Waals surface area contributed by atoms with Crippen molar-refractivity contribution >= 4 is 6.21 Å². The monoisotopic (exact) mass is 177 g/mol. The lowest BCUT2D eigenvalue weighted by molar-refractivity contribution is 0.321. The van der Waals surface area contributed by atoms with Gasteiger partial charge in [0.2, 0.25) is 0 Å². The van der Waals surface area contributed by atoms with Gasteiger partial charge in [-0.2, -0.15) is 0 Å². The van der Waals surface area contributed by atoms with Gasteiger partial charge in [0.1, 0.15) is 5.75 Å². The molecule has 13 heavy (non-hydrogen) atoms. The molecule has 0 saturated heterocycles. The van der Waals surface area contributed by atoms with Crippen molar-refractivity contribution in [2.75, 3.05) is 0 Å². The highest BCUT2D eigenvalue weighted by atomic mass is 16.4. The maximum absolute atomic E-state index is 9.60. The number of phenolic OH excluding ortho intramolecular Hbond substituents is 1. The molecule has 0 spiro atoms. The van der Waals surface area contributed by atoms with Gasteiger partial charge in [-0.15, -0.1) is 6.58 Å². The number of para-hydroxylation sites is 1. The second-order valence-electron chi connectivity index (χ2n) is 2.59. The molecule has 0 saturated carbocycles. The van der Waals surface area contributed by atoms with Crippen LogP contribution in [0.3, 0.4) is 0 Å². The van der Waals surface area contributed by atoms with Crippen LogP contribution in [0.25, 0.3) is 0 Å². The predicted molar refractivity (Wildman–Crippen MR) is 51.4 cm³/mol. The van der Waals surface area contributed by atoms with Crippen molar-refractivity contribution in [2.24, 2.45) is 5.16 Å². The fourth-order valence-electron chi connectivity index (χ4n) is 1.10. The highest BCUT2D eigenvalue weighted by Gasteiger charge is 2.02. The van der Waals surface area contributed by atoms with Crippen LogP contribution in [0.2, 0.25) is 0 Å². The van der Waals surface area contributed by atoms with Crippen molar-refractivity contribution < 1.29 is 10.3 Å². The van der Waals surface area contributed by atoms with Gasteiger partial charge in [0, 0.05) is 5.56 Å². The van der Waals surface area contributed by atoms with Crippen LogP contribution in [0.4, 0.5) is 0 Å². The zero-order chi connectivity index (χ0) is 9.68. The molecule has 0 aromatic heterocycles. The fraction of sp³-hybridized carbons (Fsp3) is 0.100. The van der Waals surface area contributed by atoms with E-state index in [1.165, 1.54) is 6.21 Å². The molecule has 1 aromatic carbocycles. The van der Waals surface area contributed by atoms with E-state index in [1.807, 2.05) is 0 Å². The van der Waals surface area contributed by atoms with E-state index in [1.54, 1.807) is 24.3 Å². The third-order valence-electron chi connectivity index (χ3n) is 1.71. The van der Waals surface area contributed by atoms with E-state index < -0.39 is 0 Å². The largest absolute Gasteiger partial charge is 0.507 e. The Hall–Kier alpha value is -1.77. The number of phenols is 1. The summed E-state index contributed by atoms with van der Waals surface area (Å²) in [6.07, 6.45) is 3.50. The third-order valence-corrected chi connectivity index (χ3v) is 1.71. The van der Waals surface area contributed by atoms with Crippen molar-refractivity contribution in [1.29, 1.82) is 0 Å². The van der Waals surface area contributed by atoms with Crippen LogP contribution in [0.1, 0.15) is 11.1 Å². The predicted octanol–water partition coefficient (Wildman–Crippen LogP) is 1.93. The molecule has 0 radical (unpaired) electrons. The van der Waals surface area contributed by atoms with Gasteiger partial charge in [0.15, 0.2) is 0 Å². The lowest BCUT2D eigenvalue weighted by Gasteiger charge is -2.03. The Morgan fingerprint density at radius 3 is 2.85 bits per heavy atom. The van der Waals surface area contributed by atoms with Crippen LogP contribution >= 0.6 is 0 Å². The number of aromatic hydroxyl groups is 1. The molecular formula is C10H11NO2. The standard InChI is InChI=1S/C10H11NO2/c1-2-4-8-5-3-6-9(7-11-13)10(8)12/h2-3,5-7,12-13H,1,4H2/b11-7+. The van der Waals surface area contributed by atoms with Crippen molar-refractivity contribution in [1.82, 2.24) is 0 Å². The van der Waals surface area contributed by atoms with Crippen molar-refractivity contribution in [2.45, 2.75) is 6.42 Å². The van der Waals surface area contributed by atoms with Crippen LogP contribution < -0.4 is 0 Å². The zero-order valence-electron chi connectivity index (χ0n) is 7.14. The highest BCUT2D eigenvalue weighted by molar-refractivity contribution is 5.83. The minimum absolute atomic E-state index is 0.139. The molecule has 0 amide bonds. The molecule has 68 valence electrons. The highest BCUT2D eigenvalue weighted by Crippen LogP contribution is 2.21. The minimum atomic E-state index is 0.139. The normalized spacial score (nSPS) is 10.5. The lowest BCUT2D eigenvalue weighted by Crippen LogP contribution is -1.88. The van der Waals surface area contributed by atoms with Gasteiger partial charge in [0.25, 0.3) is 0 Å². The fourth-order valence-corrected chi connectivity index (χ4v) is 1.10. The molecule has 3 heteroatoms. The van der Waals surface area contributed by atoms with Gasteiger partial charge in [0.05, 0.1) is 6.21 Å². The summed E-state index contributed by atoms with van der Waals surface area (Å²) in [6.45, 7) is 3.58. The van der Waals surface area contributed by atoms with E-state index in [9.17, 15) is 5.11 Å². The Labute approximate surface area is 76.6 Å². The van der Waals surface area contributed by atoms with Crippen LogP contribution in [-0.4, -0.2) is 16.5 Å². The summed E-state index contributed by atoms with van der Waals surface area (Å²) in [5.74, 6) is 0.139. The molecule has 0 aliphatic rings. The molecular weight excluding hydrogens is 166 g/mol. The Bertz CT molecular complexity index is 332. The maximum Gasteiger partial charge on any atom is 0.127 e. The first-order valence-corrected chi connectivity index (χ1v) is 3.88. The Kier molecular flexibility index (Phi) is 3.09. The number of nitrogens with zero attached hydrogens (tertiary/aromatic N) is 1. The van der Waals surface area contributed by atoms with Crippen LogP contribution in [0, 0.1) is 0 Å². The molecule has 0 unspecified atom stereocenters. The number of hydrogen-bond donors (Lipinski definition) is 2. The van der Waals surface area contributed by atoms with Crippen LogP contribution in [-0.2, 0) is 6.42 Å². The number of allylic oxidation sites excluding steroid dienone is 1. The number of benzene rings is 1. The van der Waals surface area contributed by atoms with E-state index >= 15 is 0 Å². The van der Waals surface area contributed by atoms with E-state index in [-0.39, 0.29) is 5.75 Å². The molecule has 0 heterocycles. The minimum Gasteiger partial charge on any atom is -0.507 e. The third kappa shape index (κ3) is 2.08. The van der Waals surface area contributed by atoms with Crippen LogP contribution in [0.5, 0.6) is 5.75 Å². The molecule has 0 atom stereocenters. The summed E-state index contributed by atoms with van der Waals surface area (Å²) in [5, 5.41) is 20.8. The molecule has 0 aliphatic carbocycles. The Balaban J connectivity index is 3.09. The number of hydrogen-bond acceptors (Lipinski definition) is 3. The molecule has 0 bridgehead atoms. The van der Waals surface area contributed by atoms with Gasteiger partial charge in [-0.25, -0.2) is 0 Å². The van der Waals surface area contributed by atoms with Crippen LogP contribution in [0.15, 0.2) is 36.0 Å². The smallest absolute Gasteiger partial charge is 0.127 e. The quantitative estimate of drug-likeness (QED) is 0.321. The van der Waals surface area contributed by atoms with E-state index in [2.05, 4.69) is 11.7 Å². The maximum atomic E-state index is 9.60. The lowest BCUT2D eigenvalue weighted by atomic mass is 10.1. The second kappa shape index (κ2) is 4.30. The first-order valence-electron chi connectivity index (χ1n) is 3.88. The van der Waals surface area contributed by atoms with Crippen molar-refractivity contribution in [3.05, 3.63) is 42.0 Å². The number of rotatable bonds is 3. The first kappa shape index (κ1) is 9.32. The Morgan fingerprint density at radius 1 is 1.46 bits per heavy atom. The van der Waals surface area contributed by atoms with E-state index in [0.29, 0.717) is 12.0 Å². The molecule has 3 nitrogen and oxygen atoms in total. The first-order chi connectivity index (χ1) is 6.29. The molecule has 0 fully saturated rings. The van der Waals surface area contributed by atoms with Gasteiger partial charge >= 0.3 is 0 Å². The summed E-state index contributed by atoms with van der Waals surface area (Å²) in [5.41, 5.74) is 1.27. The molecule has 0 aliphatic heterocycles.